The molecule has 0 saturated carbocycles. The molecule has 0 radical (unpaired) electrons. The van der Waals surface area contributed by atoms with Crippen LogP contribution in [0, 0.1) is 22.7 Å². The third-order valence-corrected chi connectivity index (χ3v) is 7.78. The molecule has 0 atom stereocenters. The van der Waals surface area contributed by atoms with Gasteiger partial charge in [0.25, 0.3) is 0 Å². The third-order valence-electron chi connectivity index (χ3n) is 4.84. The summed E-state index contributed by atoms with van der Waals surface area (Å²) in [5.41, 5.74) is 10.2. The van der Waals surface area contributed by atoms with Gasteiger partial charge in [-0.15, -0.1) is 22.7 Å². The molecular weight excluding hydrogens is 455 g/mol. The molecule has 0 aliphatic rings. The molecule has 4 aromatic rings. The van der Waals surface area contributed by atoms with Crippen molar-refractivity contribution in [1.82, 2.24) is 9.97 Å². The summed E-state index contributed by atoms with van der Waals surface area (Å²) in [7, 11) is 0. The number of anilines is 1. The quantitative estimate of drug-likeness (QED) is 0.307. The Morgan fingerprint density at radius 3 is 2.47 bits per heavy atom. The summed E-state index contributed by atoms with van der Waals surface area (Å²) in [6.07, 6.45) is 2.04. The maximum Gasteiger partial charge on any atom is 0.143 e. The minimum absolute atomic E-state index is 0.138. The standard InChI is InChI=1S/C24H19N5S3/c1-2-4-15-6-8-16(9-7-15)21-18(11-25)22(27)29-23(19(21)12-26)31-13-17-14-32-24(28-17)20-5-3-10-30-20/h3,5-10,14H,2,4,13H2,1H3,(H2,27,29). The fourth-order valence-electron chi connectivity index (χ4n) is 3.35. The van der Waals surface area contributed by atoms with Gasteiger partial charge in [0.2, 0.25) is 0 Å². The maximum absolute atomic E-state index is 9.97. The zero-order chi connectivity index (χ0) is 22.5. The van der Waals surface area contributed by atoms with Crippen LogP contribution in [0.5, 0.6) is 0 Å². The number of hydrogen-bond donors (Lipinski definition) is 1. The molecule has 5 nitrogen and oxygen atoms in total. The number of nitrogens with zero attached hydrogens (tertiary/aromatic N) is 4. The van der Waals surface area contributed by atoms with Crippen molar-refractivity contribution in [1.29, 1.82) is 10.5 Å². The number of thioether (sulfide) groups is 1. The first-order valence-corrected chi connectivity index (χ1v) is 12.7. The highest BCUT2D eigenvalue weighted by molar-refractivity contribution is 7.98. The molecule has 0 amide bonds. The normalized spacial score (nSPS) is 10.6. The second-order valence-corrected chi connectivity index (χ2v) is 9.78. The molecule has 0 bridgehead atoms. The highest BCUT2D eigenvalue weighted by Gasteiger charge is 2.21. The molecule has 0 aliphatic heterocycles. The van der Waals surface area contributed by atoms with Crippen molar-refractivity contribution < 1.29 is 0 Å². The van der Waals surface area contributed by atoms with Crippen LogP contribution < -0.4 is 5.73 Å². The molecule has 0 aliphatic carbocycles. The number of hydrogen-bond acceptors (Lipinski definition) is 8. The molecule has 0 fully saturated rings. The monoisotopic (exact) mass is 473 g/mol. The third kappa shape index (κ3) is 4.53. The molecule has 0 saturated heterocycles. The average Bonchev–Trinajstić information content (AvgIpc) is 3.50. The predicted molar refractivity (Wildman–Crippen MR) is 132 cm³/mol. The fourth-order valence-corrected chi connectivity index (χ4v) is 5.97. The van der Waals surface area contributed by atoms with Gasteiger partial charge in [0.15, 0.2) is 0 Å². The van der Waals surface area contributed by atoms with Gasteiger partial charge in [0, 0.05) is 16.7 Å². The van der Waals surface area contributed by atoms with E-state index in [4.69, 9.17) is 10.7 Å². The molecule has 3 heterocycles. The topological polar surface area (TPSA) is 99.4 Å². The van der Waals surface area contributed by atoms with Gasteiger partial charge in [0.05, 0.1) is 16.1 Å². The van der Waals surface area contributed by atoms with Gasteiger partial charge in [-0.05, 0) is 29.0 Å². The largest absolute Gasteiger partial charge is 0.383 e. The number of aryl methyl sites for hydroxylation is 1. The number of rotatable bonds is 7. The Morgan fingerprint density at radius 1 is 1.03 bits per heavy atom. The molecular formula is C24H19N5S3. The van der Waals surface area contributed by atoms with E-state index in [0.29, 0.717) is 21.9 Å². The van der Waals surface area contributed by atoms with Crippen LogP contribution in [-0.4, -0.2) is 9.97 Å². The van der Waals surface area contributed by atoms with Gasteiger partial charge in [-0.1, -0.05) is 55.4 Å². The van der Waals surface area contributed by atoms with Crippen LogP contribution >= 0.6 is 34.4 Å². The highest BCUT2D eigenvalue weighted by atomic mass is 32.2. The number of nitriles is 2. The van der Waals surface area contributed by atoms with Crippen LogP contribution in [0.25, 0.3) is 21.0 Å². The Hall–Kier alpha value is -3.17. The van der Waals surface area contributed by atoms with Crippen molar-refractivity contribution in [2.75, 3.05) is 5.73 Å². The van der Waals surface area contributed by atoms with E-state index in [1.54, 1.807) is 22.7 Å². The second kappa shape index (κ2) is 9.97. The second-order valence-electron chi connectivity index (χ2n) is 7.01. The van der Waals surface area contributed by atoms with E-state index in [1.807, 2.05) is 41.1 Å². The van der Waals surface area contributed by atoms with Gasteiger partial charge in [0.1, 0.15) is 33.6 Å². The van der Waals surface area contributed by atoms with E-state index in [2.05, 4.69) is 30.1 Å². The zero-order valence-corrected chi connectivity index (χ0v) is 19.8. The summed E-state index contributed by atoms with van der Waals surface area (Å²) < 4.78 is 0. The van der Waals surface area contributed by atoms with E-state index in [1.165, 1.54) is 17.3 Å². The van der Waals surface area contributed by atoms with Gasteiger partial charge < -0.3 is 5.73 Å². The van der Waals surface area contributed by atoms with E-state index in [9.17, 15) is 10.5 Å². The van der Waals surface area contributed by atoms with Crippen molar-refractivity contribution >= 4 is 40.3 Å². The predicted octanol–water partition coefficient (Wildman–Crippen LogP) is 6.50. The molecule has 8 heteroatoms. The van der Waals surface area contributed by atoms with Crippen molar-refractivity contribution in [2.24, 2.45) is 0 Å². The van der Waals surface area contributed by atoms with Crippen molar-refractivity contribution in [2.45, 2.75) is 30.5 Å². The van der Waals surface area contributed by atoms with E-state index in [-0.39, 0.29) is 11.4 Å². The fraction of sp³-hybridized carbons (Fsp3) is 0.167. The summed E-state index contributed by atoms with van der Waals surface area (Å²) in [5.74, 6) is 0.697. The first-order valence-electron chi connectivity index (χ1n) is 9.98. The first kappa shape index (κ1) is 22.0. The number of nitrogens with two attached hydrogens (primary N) is 1. The summed E-state index contributed by atoms with van der Waals surface area (Å²) in [5, 5.41) is 25.2. The summed E-state index contributed by atoms with van der Waals surface area (Å²) in [4.78, 5) is 10.2. The molecule has 2 N–H and O–H groups in total. The van der Waals surface area contributed by atoms with Crippen LogP contribution in [0.4, 0.5) is 5.82 Å². The Balaban J connectivity index is 1.67. The average molecular weight is 474 g/mol. The molecule has 158 valence electrons. The van der Waals surface area contributed by atoms with Crippen molar-refractivity contribution in [3.05, 3.63) is 69.5 Å². The van der Waals surface area contributed by atoms with Crippen LogP contribution in [0.1, 0.15) is 35.7 Å². The molecule has 4 rings (SSSR count). The summed E-state index contributed by atoms with van der Waals surface area (Å²) in [6, 6.07) is 16.4. The van der Waals surface area contributed by atoms with Crippen LogP contribution in [0.3, 0.4) is 0 Å². The number of aromatic nitrogens is 2. The lowest BCUT2D eigenvalue weighted by Gasteiger charge is -2.13. The highest BCUT2D eigenvalue weighted by Crippen LogP contribution is 2.37. The lowest BCUT2D eigenvalue weighted by atomic mass is 9.95. The number of benzene rings is 1. The van der Waals surface area contributed by atoms with Gasteiger partial charge in [-0.2, -0.15) is 10.5 Å². The number of pyridine rings is 1. The summed E-state index contributed by atoms with van der Waals surface area (Å²) in [6.45, 7) is 2.13. The molecule has 0 spiro atoms. The Labute approximate surface area is 199 Å². The zero-order valence-electron chi connectivity index (χ0n) is 17.3. The number of thiophene rings is 1. The van der Waals surface area contributed by atoms with E-state index < -0.39 is 0 Å². The van der Waals surface area contributed by atoms with Gasteiger partial charge >= 0.3 is 0 Å². The van der Waals surface area contributed by atoms with Gasteiger partial charge in [-0.25, -0.2) is 9.97 Å². The molecule has 3 aromatic heterocycles. The molecule has 32 heavy (non-hydrogen) atoms. The van der Waals surface area contributed by atoms with E-state index >= 15 is 0 Å². The Kier molecular flexibility index (Phi) is 6.87. The SMILES string of the molecule is CCCc1ccc(-c2c(C#N)c(N)nc(SCc3csc(-c4cccs4)n3)c2C#N)cc1. The molecule has 1 aromatic carbocycles. The first-order chi connectivity index (χ1) is 15.6. The Morgan fingerprint density at radius 2 is 1.81 bits per heavy atom. The van der Waals surface area contributed by atoms with E-state index in [0.717, 1.165) is 34.0 Å². The minimum atomic E-state index is 0.138. The van der Waals surface area contributed by atoms with Crippen molar-refractivity contribution in [3.63, 3.8) is 0 Å². The van der Waals surface area contributed by atoms with Gasteiger partial charge in [-0.3, -0.25) is 0 Å². The number of thiazole rings is 1. The summed E-state index contributed by atoms with van der Waals surface area (Å²) >= 11 is 4.67. The Bertz CT molecular complexity index is 1310. The smallest absolute Gasteiger partial charge is 0.143 e. The van der Waals surface area contributed by atoms with Crippen LogP contribution in [-0.2, 0) is 12.2 Å². The maximum atomic E-state index is 9.97. The van der Waals surface area contributed by atoms with Crippen LogP contribution in [0.15, 0.2) is 52.2 Å². The minimum Gasteiger partial charge on any atom is -0.383 e. The lowest BCUT2D eigenvalue weighted by Crippen LogP contribution is -2.03. The lowest BCUT2D eigenvalue weighted by molar-refractivity contribution is 0.922. The van der Waals surface area contributed by atoms with Crippen molar-refractivity contribution in [3.8, 4) is 33.2 Å². The number of nitrogen functional groups attached to an aromatic ring is 1. The molecule has 0 unspecified atom stereocenters. The van der Waals surface area contributed by atoms with Crippen LogP contribution in [0.2, 0.25) is 0 Å².